The first kappa shape index (κ1) is 20.3. The predicted octanol–water partition coefficient (Wildman–Crippen LogP) is 7.78. The Balaban J connectivity index is 1.52. The van der Waals surface area contributed by atoms with Crippen LogP contribution in [-0.2, 0) is 0 Å². The first-order valence-corrected chi connectivity index (χ1v) is 11.6. The van der Waals surface area contributed by atoms with Crippen LogP contribution in [0.3, 0.4) is 0 Å². The van der Waals surface area contributed by atoms with Gasteiger partial charge in [0.05, 0.1) is 17.4 Å². The highest BCUT2D eigenvalue weighted by Gasteiger charge is 2.31. The number of benzene rings is 3. The van der Waals surface area contributed by atoms with Crippen molar-refractivity contribution in [1.29, 1.82) is 0 Å². The molecule has 0 saturated heterocycles. The maximum atomic E-state index is 6.13. The van der Waals surface area contributed by atoms with Crippen LogP contribution in [0.25, 0.3) is 11.3 Å². The molecule has 0 radical (unpaired) electrons. The summed E-state index contributed by atoms with van der Waals surface area (Å²) < 4.78 is 0. The molecule has 1 aliphatic heterocycles. The molecule has 6 heteroatoms. The Morgan fingerprint density at radius 1 is 0.839 bits per heavy atom. The molecule has 5 rings (SSSR count). The lowest BCUT2D eigenvalue weighted by molar-refractivity contribution is 0.706. The summed E-state index contributed by atoms with van der Waals surface area (Å²) in [5.41, 5.74) is 6.56. The smallest absolute Gasteiger partial charge is 0.207 e. The summed E-state index contributed by atoms with van der Waals surface area (Å²) in [4.78, 5) is 4.90. The van der Waals surface area contributed by atoms with Gasteiger partial charge in [-0.15, -0.1) is 11.3 Å². The van der Waals surface area contributed by atoms with Crippen molar-refractivity contribution in [2.45, 2.75) is 19.4 Å². The number of thiazole rings is 1. The van der Waals surface area contributed by atoms with E-state index < -0.39 is 0 Å². The van der Waals surface area contributed by atoms with Crippen molar-refractivity contribution in [3.63, 3.8) is 0 Å². The van der Waals surface area contributed by atoms with Gasteiger partial charge < -0.3 is 0 Å². The van der Waals surface area contributed by atoms with Gasteiger partial charge in [0.2, 0.25) is 5.13 Å². The number of hydrazone groups is 1. The second kappa shape index (κ2) is 8.46. The van der Waals surface area contributed by atoms with E-state index in [1.807, 2.05) is 41.4 Å². The minimum Gasteiger partial charge on any atom is -0.231 e. The molecule has 0 unspecified atom stereocenters. The third-order valence-corrected chi connectivity index (χ3v) is 6.71. The Hall–Kier alpha value is -2.66. The van der Waals surface area contributed by atoms with Crippen LogP contribution >= 0.6 is 34.5 Å². The van der Waals surface area contributed by atoms with Crippen molar-refractivity contribution in [2.24, 2.45) is 5.10 Å². The number of aryl methyl sites for hydroxylation is 1. The summed E-state index contributed by atoms with van der Waals surface area (Å²) in [6.45, 7) is 2.09. The Morgan fingerprint density at radius 3 is 2.13 bits per heavy atom. The number of nitrogens with zero attached hydrogens (tertiary/aromatic N) is 3. The van der Waals surface area contributed by atoms with E-state index in [1.54, 1.807) is 11.3 Å². The summed E-state index contributed by atoms with van der Waals surface area (Å²) in [5.74, 6) is 0. The van der Waals surface area contributed by atoms with E-state index in [1.165, 1.54) is 11.1 Å². The van der Waals surface area contributed by atoms with E-state index in [0.717, 1.165) is 39.1 Å². The molecule has 1 aliphatic rings. The highest BCUT2D eigenvalue weighted by Crippen LogP contribution is 2.39. The van der Waals surface area contributed by atoms with E-state index in [9.17, 15) is 0 Å². The predicted molar refractivity (Wildman–Crippen MR) is 132 cm³/mol. The van der Waals surface area contributed by atoms with Gasteiger partial charge in [0.1, 0.15) is 0 Å². The second-order valence-corrected chi connectivity index (χ2v) is 9.26. The van der Waals surface area contributed by atoms with Crippen molar-refractivity contribution in [3.8, 4) is 11.3 Å². The van der Waals surface area contributed by atoms with Crippen LogP contribution < -0.4 is 5.01 Å². The molecule has 0 saturated carbocycles. The maximum Gasteiger partial charge on any atom is 0.207 e. The minimum atomic E-state index is 0.0674. The third kappa shape index (κ3) is 4.24. The standard InChI is InChI=1S/C25H19Cl2N3S/c1-16-2-4-17(5-3-16)22-14-24(19-8-12-21(27)13-9-19)30(29-22)25-28-23(15-31-25)18-6-10-20(26)11-7-18/h2-13,15,24H,14H2,1H3/t24-/m0/s1. The van der Waals surface area contributed by atoms with E-state index in [4.69, 9.17) is 33.3 Å². The molecule has 1 atom stereocenters. The normalized spacial score (nSPS) is 15.9. The Kier molecular flexibility index (Phi) is 5.53. The molecule has 1 aromatic heterocycles. The highest BCUT2D eigenvalue weighted by molar-refractivity contribution is 7.14. The Labute approximate surface area is 195 Å². The van der Waals surface area contributed by atoms with Crippen molar-refractivity contribution in [2.75, 3.05) is 5.01 Å². The topological polar surface area (TPSA) is 28.5 Å². The lowest BCUT2D eigenvalue weighted by Crippen LogP contribution is -2.18. The van der Waals surface area contributed by atoms with Gasteiger partial charge in [0.15, 0.2) is 0 Å². The van der Waals surface area contributed by atoms with Crippen LogP contribution in [0.5, 0.6) is 0 Å². The van der Waals surface area contributed by atoms with E-state index in [2.05, 4.69) is 48.7 Å². The third-order valence-electron chi connectivity index (χ3n) is 5.38. The van der Waals surface area contributed by atoms with Crippen LogP contribution in [0.2, 0.25) is 10.0 Å². The minimum absolute atomic E-state index is 0.0674. The lowest BCUT2D eigenvalue weighted by Gasteiger charge is -2.21. The molecule has 0 bridgehead atoms. The van der Waals surface area contributed by atoms with Crippen LogP contribution in [0.4, 0.5) is 5.13 Å². The Bertz CT molecular complexity index is 1230. The molecule has 154 valence electrons. The van der Waals surface area contributed by atoms with Crippen molar-refractivity contribution in [3.05, 3.63) is 105 Å². The average molecular weight is 464 g/mol. The number of halogens is 2. The molecule has 0 aliphatic carbocycles. The van der Waals surface area contributed by atoms with Crippen LogP contribution in [0.15, 0.2) is 83.3 Å². The molecule has 0 N–H and O–H groups in total. The van der Waals surface area contributed by atoms with Gasteiger partial charge in [-0.25, -0.2) is 9.99 Å². The van der Waals surface area contributed by atoms with Gasteiger partial charge in [-0.1, -0.05) is 77.3 Å². The van der Waals surface area contributed by atoms with Crippen LogP contribution in [-0.4, -0.2) is 10.7 Å². The number of rotatable bonds is 4. The summed E-state index contributed by atoms with van der Waals surface area (Å²) in [7, 11) is 0. The van der Waals surface area contributed by atoms with Crippen molar-refractivity contribution >= 4 is 45.4 Å². The van der Waals surface area contributed by atoms with E-state index >= 15 is 0 Å². The molecule has 3 aromatic carbocycles. The second-order valence-electron chi connectivity index (χ2n) is 7.55. The molecular weight excluding hydrogens is 445 g/mol. The summed E-state index contributed by atoms with van der Waals surface area (Å²) >= 11 is 13.8. The maximum absolute atomic E-state index is 6.13. The van der Waals surface area contributed by atoms with Crippen LogP contribution in [0, 0.1) is 6.92 Å². The zero-order valence-corrected chi connectivity index (χ0v) is 19.1. The number of hydrogen-bond donors (Lipinski definition) is 0. The molecule has 4 aromatic rings. The largest absolute Gasteiger partial charge is 0.231 e. The van der Waals surface area contributed by atoms with Crippen molar-refractivity contribution < 1.29 is 0 Å². The quantitative estimate of drug-likeness (QED) is 0.309. The number of anilines is 1. The fraction of sp³-hybridized carbons (Fsp3) is 0.120. The number of hydrogen-bond acceptors (Lipinski definition) is 4. The molecule has 0 fully saturated rings. The Morgan fingerprint density at radius 2 is 1.45 bits per heavy atom. The summed E-state index contributed by atoms with van der Waals surface area (Å²) in [5, 5.41) is 11.4. The number of aromatic nitrogens is 1. The van der Waals surface area contributed by atoms with E-state index in [-0.39, 0.29) is 6.04 Å². The lowest BCUT2D eigenvalue weighted by atomic mass is 9.98. The average Bonchev–Trinajstić information content (AvgIpc) is 3.43. The SMILES string of the molecule is Cc1ccc(C2=NN(c3nc(-c4ccc(Cl)cc4)cs3)[C@H](c3ccc(Cl)cc3)C2)cc1. The molecule has 3 nitrogen and oxygen atoms in total. The summed E-state index contributed by atoms with van der Waals surface area (Å²) in [6.07, 6.45) is 0.806. The van der Waals surface area contributed by atoms with Gasteiger partial charge in [-0.05, 0) is 42.3 Å². The molecule has 0 spiro atoms. The molecule has 0 amide bonds. The zero-order valence-electron chi connectivity index (χ0n) is 16.8. The van der Waals surface area contributed by atoms with Crippen LogP contribution in [0.1, 0.15) is 29.2 Å². The molecule has 2 heterocycles. The fourth-order valence-corrected chi connectivity index (χ4v) is 4.76. The van der Waals surface area contributed by atoms with Gasteiger partial charge in [-0.2, -0.15) is 5.10 Å². The molecule has 31 heavy (non-hydrogen) atoms. The molecular formula is C25H19Cl2N3S. The van der Waals surface area contributed by atoms with Gasteiger partial charge in [-0.3, -0.25) is 0 Å². The first-order valence-electron chi connectivity index (χ1n) is 9.97. The van der Waals surface area contributed by atoms with E-state index in [0.29, 0.717) is 5.02 Å². The van der Waals surface area contributed by atoms with Gasteiger partial charge in [0.25, 0.3) is 0 Å². The summed E-state index contributed by atoms with van der Waals surface area (Å²) in [6, 6.07) is 24.3. The first-order chi connectivity index (χ1) is 15.1. The fourth-order valence-electron chi connectivity index (χ4n) is 3.67. The van der Waals surface area contributed by atoms with Gasteiger partial charge in [0, 0.05) is 27.4 Å². The van der Waals surface area contributed by atoms with Crippen molar-refractivity contribution in [1.82, 2.24) is 4.98 Å². The monoisotopic (exact) mass is 463 g/mol. The highest BCUT2D eigenvalue weighted by atomic mass is 35.5. The zero-order chi connectivity index (χ0) is 21.4. The van der Waals surface area contributed by atoms with Gasteiger partial charge >= 0.3 is 0 Å².